The molecule has 0 aliphatic carbocycles. The summed E-state index contributed by atoms with van der Waals surface area (Å²) in [4.78, 5) is 17.4. The van der Waals surface area contributed by atoms with Gasteiger partial charge >= 0.3 is 0 Å². The lowest BCUT2D eigenvalue weighted by molar-refractivity contribution is -0.123. The van der Waals surface area contributed by atoms with E-state index >= 15 is 0 Å². The number of thiazole rings is 1. The maximum atomic E-state index is 11.9. The van der Waals surface area contributed by atoms with Crippen molar-refractivity contribution in [1.82, 2.24) is 10.3 Å². The molecular weight excluding hydrogens is 320 g/mol. The molecule has 118 valence electrons. The second-order valence-electron chi connectivity index (χ2n) is 5.11. The normalized spacial score (nSPS) is 12.2. The molecule has 1 unspecified atom stereocenters. The number of aromatic nitrogens is 1. The number of benzene rings is 1. The Kier molecular flexibility index (Phi) is 5.94. The van der Waals surface area contributed by atoms with Gasteiger partial charge in [0.25, 0.3) is 0 Å². The third-order valence-electron chi connectivity index (χ3n) is 3.31. The molecule has 0 spiro atoms. The number of rotatable bonds is 6. The predicted molar refractivity (Wildman–Crippen MR) is 89.3 cm³/mol. The number of aliphatic hydroxyl groups is 1. The molecule has 0 saturated heterocycles. The van der Waals surface area contributed by atoms with Gasteiger partial charge in [-0.15, -0.1) is 11.3 Å². The average molecular weight is 339 g/mol. The van der Waals surface area contributed by atoms with Crippen molar-refractivity contribution in [2.75, 3.05) is 6.54 Å². The Morgan fingerprint density at radius 3 is 2.64 bits per heavy atom. The monoisotopic (exact) mass is 338 g/mol. The summed E-state index contributed by atoms with van der Waals surface area (Å²) in [6.07, 6.45) is -0.00715. The van der Waals surface area contributed by atoms with E-state index in [1.165, 1.54) is 4.88 Å². The Hall–Kier alpha value is -1.43. The van der Waals surface area contributed by atoms with Crippen LogP contribution in [0.1, 0.15) is 33.7 Å². The van der Waals surface area contributed by atoms with Crippen LogP contribution in [0.25, 0.3) is 0 Å². The molecule has 1 amide bonds. The first-order valence-electron chi connectivity index (χ1n) is 7.09. The first-order chi connectivity index (χ1) is 10.5. The molecule has 0 saturated carbocycles. The number of hydrogen-bond acceptors (Lipinski definition) is 4. The molecule has 2 rings (SSSR count). The molecule has 1 heterocycles. The molecule has 2 aromatic rings. The van der Waals surface area contributed by atoms with Gasteiger partial charge in [-0.25, -0.2) is 4.98 Å². The summed E-state index contributed by atoms with van der Waals surface area (Å²) in [6, 6.07) is 6.85. The van der Waals surface area contributed by atoms with Gasteiger partial charge in [-0.1, -0.05) is 23.7 Å². The Bertz CT molecular complexity index is 640. The smallest absolute Gasteiger partial charge is 0.222 e. The number of aryl methyl sites for hydroxylation is 2. The number of halogens is 1. The summed E-state index contributed by atoms with van der Waals surface area (Å²) in [5.41, 5.74) is 1.71. The van der Waals surface area contributed by atoms with E-state index in [2.05, 4.69) is 10.3 Å². The van der Waals surface area contributed by atoms with Crippen LogP contribution in [0.2, 0.25) is 5.02 Å². The first kappa shape index (κ1) is 16.9. The van der Waals surface area contributed by atoms with E-state index in [1.54, 1.807) is 35.6 Å². The van der Waals surface area contributed by atoms with Crippen LogP contribution >= 0.6 is 22.9 Å². The van der Waals surface area contributed by atoms with Crippen molar-refractivity contribution in [3.8, 4) is 0 Å². The molecule has 1 aromatic carbocycles. The summed E-state index contributed by atoms with van der Waals surface area (Å²) < 4.78 is 0. The fourth-order valence-electron chi connectivity index (χ4n) is 2.17. The number of nitrogens with one attached hydrogen (secondary N) is 1. The lowest BCUT2D eigenvalue weighted by Gasteiger charge is -2.11. The highest BCUT2D eigenvalue weighted by Crippen LogP contribution is 2.19. The molecule has 0 aliphatic rings. The largest absolute Gasteiger partial charge is 0.388 e. The Morgan fingerprint density at radius 2 is 2.05 bits per heavy atom. The van der Waals surface area contributed by atoms with E-state index in [9.17, 15) is 9.90 Å². The fourth-order valence-corrected chi connectivity index (χ4v) is 3.23. The first-order valence-corrected chi connectivity index (χ1v) is 8.28. The SMILES string of the molecule is Cc1nc(C)c(CCNC(=O)CC(O)c2ccc(Cl)cc2)s1. The molecule has 22 heavy (non-hydrogen) atoms. The van der Waals surface area contributed by atoms with Crippen molar-refractivity contribution in [2.45, 2.75) is 32.8 Å². The quantitative estimate of drug-likeness (QED) is 0.850. The van der Waals surface area contributed by atoms with Crippen LogP contribution in [-0.2, 0) is 11.2 Å². The molecule has 0 fully saturated rings. The van der Waals surface area contributed by atoms with Crippen LogP contribution in [0.3, 0.4) is 0 Å². The molecule has 0 radical (unpaired) electrons. The van der Waals surface area contributed by atoms with Crippen molar-refractivity contribution in [2.24, 2.45) is 0 Å². The number of amides is 1. The molecule has 0 aliphatic heterocycles. The molecule has 0 bridgehead atoms. The molecule has 4 nitrogen and oxygen atoms in total. The number of carbonyl (C=O) groups excluding carboxylic acids is 1. The van der Waals surface area contributed by atoms with E-state index in [1.807, 2.05) is 13.8 Å². The van der Waals surface area contributed by atoms with Gasteiger partial charge in [-0.2, -0.15) is 0 Å². The zero-order valence-electron chi connectivity index (χ0n) is 12.6. The van der Waals surface area contributed by atoms with Gasteiger partial charge in [0.2, 0.25) is 5.91 Å². The fraction of sp³-hybridized carbons (Fsp3) is 0.375. The van der Waals surface area contributed by atoms with E-state index in [-0.39, 0.29) is 12.3 Å². The minimum Gasteiger partial charge on any atom is -0.388 e. The zero-order chi connectivity index (χ0) is 16.1. The maximum absolute atomic E-state index is 11.9. The third-order valence-corrected chi connectivity index (χ3v) is 4.69. The van der Waals surface area contributed by atoms with Crippen LogP contribution in [0, 0.1) is 13.8 Å². The number of carbonyl (C=O) groups is 1. The number of nitrogens with zero attached hydrogens (tertiary/aromatic N) is 1. The van der Waals surface area contributed by atoms with E-state index in [0.29, 0.717) is 17.1 Å². The second kappa shape index (κ2) is 7.72. The third kappa shape index (κ3) is 4.80. The molecule has 1 aromatic heterocycles. The van der Waals surface area contributed by atoms with Crippen molar-refractivity contribution in [1.29, 1.82) is 0 Å². The lowest BCUT2D eigenvalue weighted by Crippen LogP contribution is -2.27. The number of aliphatic hydroxyl groups excluding tert-OH is 1. The summed E-state index contributed by atoms with van der Waals surface area (Å²) in [5, 5.41) is 14.5. The van der Waals surface area contributed by atoms with Crippen molar-refractivity contribution in [3.63, 3.8) is 0 Å². The van der Waals surface area contributed by atoms with Crippen molar-refractivity contribution < 1.29 is 9.90 Å². The summed E-state index contributed by atoms with van der Waals surface area (Å²) in [7, 11) is 0. The highest BCUT2D eigenvalue weighted by molar-refractivity contribution is 7.11. The van der Waals surface area contributed by atoms with Gasteiger partial charge in [-0.05, 0) is 31.5 Å². The zero-order valence-corrected chi connectivity index (χ0v) is 14.2. The molecular formula is C16H19ClN2O2S. The van der Waals surface area contributed by atoms with E-state index < -0.39 is 6.10 Å². The van der Waals surface area contributed by atoms with Crippen molar-refractivity contribution >= 4 is 28.8 Å². The number of hydrogen-bond donors (Lipinski definition) is 2. The highest BCUT2D eigenvalue weighted by atomic mass is 35.5. The minimum atomic E-state index is -0.815. The van der Waals surface area contributed by atoms with E-state index in [0.717, 1.165) is 17.1 Å². The van der Waals surface area contributed by atoms with Gasteiger partial charge in [0.15, 0.2) is 0 Å². The Balaban J connectivity index is 1.78. The summed E-state index contributed by atoms with van der Waals surface area (Å²) >= 11 is 7.45. The average Bonchev–Trinajstić information content (AvgIpc) is 2.77. The molecule has 1 atom stereocenters. The van der Waals surface area contributed by atoms with Crippen LogP contribution in [-0.4, -0.2) is 22.5 Å². The van der Waals surface area contributed by atoms with Gasteiger partial charge in [0.1, 0.15) is 0 Å². The van der Waals surface area contributed by atoms with Gasteiger partial charge in [0.05, 0.1) is 23.2 Å². The second-order valence-corrected chi connectivity index (χ2v) is 6.84. The summed E-state index contributed by atoms with van der Waals surface area (Å²) in [5.74, 6) is -0.165. The Morgan fingerprint density at radius 1 is 1.36 bits per heavy atom. The predicted octanol–water partition coefficient (Wildman–Crippen LogP) is 3.20. The molecule has 6 heteroatoms. The van der Waals surface area contributed by atoms with Gasteiger partial charge < -0.3 is 10.4 Å². The van der Waals surface area contributed by atoms with Gasteiger partial charge in [0, 0.05) is 22.9 Å². The minimum absolute atomic E-state index is 0.0440. The molecule has 2 N–H and O–H groups in total. The van der Waals surface area contributed by atoms with Crippen LogP contribution in [0.4, 0.5) is 0 Å². The Labute approximate surface area is 139 Å². The van der Waals surface area contributed by atoms with Crippen molar-refractivity contribution in [3.05, 3.63) is 50.4 Å². The highest BCUT2D eigenvalue weighted by Gasteiger charge is 2.13. The summed E-state index contributed by atoms with van der Waals surface area (Å²) in [6.45, 7) is 4.50. The van der Waals surface area contributed by atoms with Gasteiger partial charge in [-0.3, -0.25) is 4.79 Å². The van der Waals surface area contributed by atoms with E-state index in [4.69, 9.17) is 11.6 Å². The topological polar surface area (TPSA) is 62.2 Å². The maximum Gasteiger partial charge on any atom is 0.222 e. The van der Waals surface area contributed by atoms with Crippen LogP contribution < -0.4 is 5.32 Å². The lowest BCUT2D eigenvalue weighted by atomic mass is 10.1. The standard InChI is InChI=1S/C16H19ClN2O2S/c1-10-15(22-11(2)19-10)7-8-18-16(21)9-14(20)12-3-5-13(17)6-4-12/h3-6,14,20H,7-9H2,1-2H3,(H,18,21). The van der Waals surface area contributed by atoms with Crippen LogP contribution in [0.5, 0.6) is 0 Å². The van der Waals surface area contributed by atoms with Crippen LogP contribution in [0.15, 0.2) is 24.3 Å².